The van der Waals surface area contributed by atoms with Crippen molar-refractivity contribution in [2.45, 2.75) is 24.4 Å². The molecule has 1 aliphatic rings. The Bertz CT molecular complexity index is 205. The van der Waals surface area contributed by atoms with E-state index in [1.165, 1.54) is 25.0 Å². The minimum Gasteiger partial charge on any atom is -0.254 e. The predicted molar refractivity (Wildman–Crippen MR) is 44.4 cm³/mol. The molecule has 11 heavy (non-hydrogen) atoms. The molecule has 4 heteroatoms. The zero-order valence-electron chi connectivity index (χ0n) is 6.29. The Balaban J connectivity index is 1.74. The number of nitrogens with zero attached hydrogens (tertiary/aromatic N) is 2. The van der Waals surface area contributed by atoms with E-state index in [0.717, 1.165) is 11.1 Å². The van der Waals surface area contributed by atoms with Crippen molar-refractivity contribution in [3.63, 3.8) is 0 Å². The minimum absolute atomic E-state index is 0.935. The summed E-state index contributed by atoms with van der Waals surface area (Å²) < 4.78 is 0. The van der Waals surface area contributed by atoms with E-state index in [2.05, 4.69) is 15.2 Å². The fourth-order valence-electron chi connectivity index (χ4n) is 1.12. The summed E-state index contributed by atoms with van der Waals surface area (Å²) in [6.45, 7) is 0. The summed E-state index contributed by atoms with van der Waals surface area (Å²) in [5.41, 5.74) is 0. The maximum absolute atomic E-state index is 4.04. The first-order valence-electron chi connectivity index (χ1n) is 3.93. The van der Waals surface area contributed by atoms with Crippen LogP contribution in [0.3, 0.4) is 0 Å². The van der Waals surface area contributed by atoms with Gasteiger partial charge >= 0.3 is 0 Å². The number of rotatable bonds is 3. The molecule has 1 aliphatic carbocycles. The molecule has 1 fully saturated rings. The highest BCUT2D eigenvalue weighted by Gasteiger charge is 2.17. The lowest BCUT2D eigenvalue weighted by Gasteiger charge is -2.23. The standard InChI is InChI=1S/C7H11N3S/c1-2-6(3-1)4-11-7-8-5-9-10-7/h5-6H,1-4H2,(H,8,9,10). The Morgan fingerprint density at radius 1 is 1.64 bits per heavy atom. The molecule has 0 unspecified atom stereocenters. The van der Waals surface area contributed by atoms with Gasteiger partial charge in [0, 0.05) is 5.75 Å². The van der Waals surface area contributed by atoms with Gasteiger partial charge in [-0.1, -0.05) is 18.2 Å². The van der Waals surface area contributed by atoms with Crippen LogP contribution in [0.15, 0.2) is 11.5 Å². The Labute approximate surface area is 70.0 Å². The Hall–Kier alpha value is -0.510. The first kappa shape index (κ1) is 7.16. The van der Waals surface area contributed by atoms with Gasteiger partial charge in [0.2, 0.25) is 0 Å². The van der Waals surface area contributed by atoms with Gasteiger partial charge in [0.15, 0.2) is 5.16 Å². The molecule has 1 N–H and O–H groups in total. The summed E-state index contributed by atoms with van der Waals surface area (Å²) in [5, 5.41) is 7.59. The molecule has 0 saturated heterocycles. The minimum atomic E-state index is 0.935. The van der Waals surface area contributed by atoms with Crippen LogP contribution in [0.5, 0.6) is 0 Å². The molecule has 0 aromatic carbocycles. The SMILES string of the molecule is c1n[nH]c(SCC2CCC2)n1. The second-order valence-electron chi connectivity index (χ2n) is 2.90. The van der Waals surface area contributed by atoms with Gasteiger partial charge < -0.3 is 0 Å². The lowest BCUT2D eigenvalue weighted by Crippen LogP contribution is -2.13. The monoisotopic (exact) mass is 169 g/mol. The van der Waals surface area contributed by atoms with Crippen LogP contribution in [0.25, 0.3) is 0 Å². The van der Waals surface area contributed by atoms with E-state index in [1.807, 2.05) is 0 Å². The summed E-state index contributed by atoms with van der Waals surface area (Å²) in [6, 6.07) is 0. The lowest BCUT2D eigenvalue weighted by atomic mass is 9.87. The quantitative estimate of drug-likeness (QED) is 0.700. The van der Waals surface area contributed by atoms with Gasteiger partial charge in [0.25, 0.3) is 0 Å². The van der Waals surface area contributed by atoms with E-state index < -0.39 is 0 Å². The molecule has 60 valence electrons. The van der Waals surface area contributed by atoms with Crippen LogP contribution in [0, 0.1) is 5.92 Å². The number of H-pyrrole nitrogens is 1. The second kappa shape index (κ2) is 3.26. The largest absolute Gasteiger partial charge is 0.254 e. The molecule has 1 aromatic heterocycles. The molecule has 0 radical (unpaired) electrons. The average molecular weight is 169 g/mol. The molecule has 3 nitrogen and oxygen atoms in total. The number of hydrogen-bond donors (Lipinski definition) is 1. The molecule has 1 saturated carbocycles. The lowest BCUT2D eigenvalue weighted by molar-refractivity contribution is 0.353. The first-order chi connectivity index (χ1) is 5.45. The van der Waals surface area contributed by atoms with Gasteiger partial charge in [-0.05, 0) is 18.8 Å². The van der Waals surface area contributed by atoms with E-state index in [9.17, 15) is 0 Å². The van der Waals surface area contributed by atoms with Crippen LogP contribution in [0.1, 0.15) is 19.3 Å². The van der Waals surface area contributed by atoms with E-state index in [4.69, 9.17) is 0 Å². The van der Waals surface area contributed by atoms with Crippen LogP contribution < -0.4 is 0 Å². The van der Waals surface area contributed by atoms with Gasteiger partial charge in [-0.15, -0.1) is 0 Å². The fourth-order valence-corrected chi connectivity index (χ4v) is 2.09. The molecule has 2 rings (SSSR count). The molecule has 0 spiro atoms. The number of aromatic amines is 1. The third-order valence-electron chi connectivity index (χ3n) is 2.07. The smallest absolute Gasteiger partial charge is 0.183 e. The molecule has 0 bridgehead atoms. The molecule has 0 atom stereocenters. The third kappa shape index (κ3) is 1.74. The van der Waals surface area contributed by atoms with Gasteiger partial charge in [-0.25, -0.2) is 4.98 Å². The van der Waals surface area contributed by atoms with Gasteiger partial charge in [0.05, 0.1) is 0 Å². The topological polar surface area (TPSA) is 41.6 Å². The molecule has 0 amide bonds. The third-order valence-corrected chi connectivity index (χ3v) is 3.18. The first-order valence-corrected chi connectivity index (χ1v) is 4.92. The van der Waals surface area contributed by atoms with Gasteiger partial charge in [-0.2, -0.15) is 5.10 Å². The van der Waals surface area contributed by atoms with Gasteiger partial charge in [0.1, 0.15) is 6.33 Å². The van der Waals surface area contributed by atoms with Crippen LogP contribution in [0.2, 0.25) is 0 Å². The summed E-state index contributed by atoms with van der Waals surface area (Å²) in [5.74, 6) is 2.14. The van der Waals surface area contributed by atoms with E-state index in [-0.39, 0.29) is 0 Å². The maximum atomic E-state index is 4.04. The number of nitrogens with one attached hydrogen (secondary N) is 1. The fraction of sp³-hybridized carbons (Fsp3) is 0.714. The van der Waals surface area contributed by atoms with E-state index in [0.29, 0.717) is 0 Å². The van der Waals surface area contributed by atoms with Gasteiger partial charge in [-0.3, -0.25) is 5.10 Å². The summed E-state index contributed by atoms with van der Waals surface area (Å²) >= 11 is 1.78. The molecule has 1 aromatic rings. The van der Waals surface area contributed by atoms with Crippen molar-refractivity contribution in [3.8, 4) is 0 Å². The molecular formula is C7H11N3S. The number of thioether (sulfide) groups is 1. The van der Waals surface area contributed by atoms with Crippen molar-refractivity contribution in [2.75, 3.05) is 5.75 Å². The van der Waals surface area contributed by atoms with E-state index >= 15 is 0 Å². The van der Waals surface area contributed by atoms with Crippen molar-refractivity contribution >= 4 is 11.8 Å². The van der Waals surface area contributed by atoms with Crippen LogP contribution >= 0.6 is 11.8 Å². The van der Waals surface area contributed by atoms with Crippen LogP contribution in [-0.4, -0.2) is 20.9 Å². The normalized spacial score (nSPS) is 18.2. The van der Waals surface area contributed by atoms with Crippen molar-refractivity contribution in [3.05, 3.63) is 6.33 Å². The number of hydrogen-bond acceptors (Lipinski definition) is 3. The highest BCUT2D eigenvalue weighted by Crippen LogP contribution is 2.30. The van der Waals surface area contributed by atoms with E-state index in [1.54, 1.807) is 18.1 Å². The predicted octanol–water partition coefficient (Wildman–Crippen LogP) is 1.70. The molecule has 1 heterocycles. The van der Waals surface area contributed by atoms with Crippen LogP contribution in [0.4, 0.5) is 0 Å². The molecule has 0 aliphatic heterocycles. The highest BCUT2D eigenvalue weighted by molar-refractivity contribution is 7.99. The van der Waals surface area contributed by atoms with Crippen molar-refractivity contribution < 1.29 is 0 Å². The average Bonchev–Trinajstić information content (AvgIpc) is 2.36. The zero-order valence-corrected chi connectivity index (χ0v) is 7.10. The van der Waals surface area contributed by atoms with Crippen molar-refractivity contribution in [1.29, 1.82) is 0 Å². The second-order valence-corrected chi connectivity index (χ2v) is 3.91. The summed E-state index contributed by atoms with van der Waals surface area (Å²) in [6.07, 6.45) is 5.78. The Kier molecular flexibility index (Phi) is 2.12. The number of aromatic nitrogens is 3. The zero-order chi connectivity index (χ0) is 7.52. The van der Waals surface area contributed by atoms with Crippen LogP contribution in [-0.2, 0) is 0 Å². The van der Waals surface area contributed by atoms with Crippen molar-refractivity contribution in [1.82, 2.24) is 15.2 Å². The maximum Gasteiger partial charge on any atom is 0.183 e. The Morgan fingerprint density at radius 2 is 2.55 bits per heavy atom. The highest BCUT2D eigenvalue weighted by atomic mass is 32.2. The summed E-state index contributed by atoms with van der Waals surface area (Å²) in [7, 11) is 0. The summed E-state index contributed by atoms with van der Waals surface area (Å²) in [4.78, 5) is 4.04. The Morgan fingerprint density at radius 3 is 3.09 bits per heavy atom. The van der Waals surface area contributed by atoms with Crippen molar-refractivity contribution in [2.24, 2.45) is 5.92 Å². The molecular weight excluding hydrogens is 158 g/mol.